The van der Waals surface area contributed by atoms with Crippen molar-refractivity contribution < 1.29 is 4.74 Å². The SMILES string of the molecule is COc1ccccc1-n1c(SCc2nc3c(c(=O)[nH]2)C2(CCCC2)Cc2ccccc2-3)nc2ccccc2c1=O. The summed E-state index contributed by atoms with van der Waals surface area (Å²) in [5, 5.41) is 1.03. The van der Waals surface area contributed by atoms with E-state index in [2.05, 4.69) is 23.2 Å². The first-order chi connectivity index (χ1) is 19.6. The molecule has 200 valence electrons. The predicted molar refractivity (Wildman–Crippen MR) is 158 cm³/mol. The van der Waals surface area contributed by atoms with E-state index in [1.54, 1.807) is 17.7 Å². The van der Waals surface area contributed by atoms with E-state index < -0.39 is 0 Å². The Balaban J connectivity index is 1.34. The third-order valence-electron chi connectivity index (χ3n) is 8.27. The number of thioether (sulfide) groups is 1. The van der Waals surface area contributed by atoms with Crippen LogP contribution in [-0.2, 0) is 17.6 Å². The molecule has 7 rings (SSSR count). The van der Waals surface area contributed by atoms with Crippen LogP contribution in [0.3, 0.4) is 0 Å². The lowest BCUT2D eigenvalue weighted by molar-refractivity contribution is 0.411. The number of para-hydroxylation sites is 3. The molecule has 0 amide bonds. The van der Waals surface area contributed by atoms with Crippen molar-refractivity contribution in [2.24, 2.45) is 0 Å². The summed E-state index contributed by atoms with van der Waals surface area (Å²) in [4.78, 5) is 40.4. The molecule has 0 aliphatic heterocycles. The second kappa shape index (κ2) is 9.78. The topological polar surface area (TPSA) is 89.9 Å². The fourth-order valence-electron chi connectivity index (χ4n) is 6.48. The van der Waals surface area contributed by atoms with Crippen molar-refractivity contribution in [2.45, 2.75) is 48.4 Å². The molecule has 7 nitrogen and oxygen atoms in total. The summed E-state index contributed by atoms with van der Waals surface area (Å²) in [5.41, 5.74) is 4.80. The van der Waals surface area contributed by atoms with Gasteiger partial charge in [0.05, 0.1) is 40.7 Å². The Morgan fingerprint density at radius 2 is 1.70 bits per heavy atom. The van der Waals surface area contributed by atoms with Gasteiger partial charge < -0.3 is 9.72 Å². The average molecular weight is 549 g/mol. The van der Waals surface area contributed by atoms with Gasteiger partial charge in [0.2, 0.25) is 0 Å². The molecule has 5 aromatic rings. The van der Waals surface area contributed by atoms with Crippen LogP contribution in [0.1, 0.15) is 42.6 Å². The van der Waals surface area contributed by atoms with Crippen molar-refractivity contribution in [3.8, 4) is 22.7 Å². The number of hydrogen-bond acceptors (Lipinski definition) is 6. The largest absolute Gasteiger partial charge is 0.495 e. The van der Waals surface area contributed by atoms with Crippen LogP contribution in [0.5, 0.6) is 5.75 Å². The average Bonchev–Trinajstić information content (AvgIpc) is 3.44. The quantitative estimate of drug-likeness (QED) is 0.220. The predicted octanol–water partition coefficient (Wildman–Crippen LogP) is 5.80. The third kappa shape index (κ3) is 3.97. The van der Waals surface area contributed by atoms with Crippen LogP contribution >= 0.6 is 11.8 Å². The van der Waals surface area contributed by atoms with Gasteiger partial charge in [-0.05, 0) is 49.1 Å². The Hall–Kier alpha value is -4.17. The highest BCUT2D eigenvalue weighted by molar-refractivity contribution is 7.98. The zero-order valence-electron chi connectivity index (χ0n) is 22.1. The van der Waals surface area contributed by atoms with Crippen LogP contribution in [-0.4, -0.2) is 26.6 Å². The summed E-state index contributed by atoms with van der Waals surface area (Å²) in [5.74, 6) is 1.48. The normalized spacial score (nSPS) is 15.2. The number of nitrogens with one attached hydrogen (secondary N) is 1. The second-order valence-electron chi connectivity index (χ2n) is 10.6. The maximum atomic E-state index is 13.7. The van der Waals surface area contributed by atoms with Crippen LogP contribution in [0, 0.1) is 0 Å². The van der Waals surface area contributed by atoms with Crippen molar-refractivity contribution in [1.82, 2.24) is 19.5 Å². The van der Waals surface area contributed by atoms with Gasteiger partial charge in [-0.2, -0.15) is 0 Å². The zero-order chi connectivity index (χ0) is 27.3. The van der Waals surface area contributed by atoms with Gasteiger partial charge in [0.1, 0.15) is 11.6 Å². The van der Waals surface area contributed by atoms with Crippen LogP contribution < -0.4 is 15.9 Å². The van der Waals surface area contributed by atoms with Gasteiger partial charge in [-0.25, -0.2) is 9.97 Å². The molecule has 40 heavy (non-hydrogen) atoms. The van der Waals surface area contributed by atoms with Gasteiger partial charge in [0.15, 0.2) is 5.16 Å². The van der Waals surface area contributed by atoms with E-state index >= 15 is 0 Å². The molecule has 1 N–H and O–H groups in total. The first-order valence-electron chi connectivity index (χ1n) is 13.6. The molecule has 0 radical (unpaired) electrons. The molecular weight excluding hydrogens is 520 g/mol. The lowest BCUT2D eigenvalue weighted by Gasteiger charge is -2.35. The number of fused-ring (bicyclic) bond motifs is 5. The van der Waals surface area contributed by atoms with Crippen molar-refractivity contribution in [1.29, 1.82) is 0 Å². The van der Waals surface area contributed by atoms with Gasteiger partial charge in [-0.1, -0.05) is 73.1 Å². The summed E-state index contributed by atoms with van der Waals surface area (Å²) in [6, 6.07) is 23.0. The molecule has 2 aromatic heterocycles. The Labute approximate surface area is 235 Å². The Morgan fingerprint density at radius 3 is 2.55 bits per heavy atom. The van der Waals surface area contributed by atoms with Crippen LogP contribution in [0.15, 0.2) is 87.5 Å². The molecule has 0 bridgehead atoms. The number of aromatic amines is 1. The Kier molecular flexibility index (Phi) is 6.08. The molecule has 3 aromatic carbocycles. The van der Waals surface area contributed by atoms with Crippen molar-refractivity contribution >= 4 is 22.7 Å². The molecule has 1 fully saturated rings. The molecule has 1 saturated carbocycles. The van der Waals surface area contributed by atoms with Gasteiger partial charge in [-0.3, -0.25) is 14.2 Å². The summed E-state index contributed by atoms with van der Waals surface area (Å²) >= 11 is 1.37. The fourth-order valence-corrected chi connectivity index (χ4v) is 7.36. The summed E-state index contributed by atoms with van der Waals surface area (Å²) in [6.07, 6.45) is 5.18. The first kappa shape index (κ1) is 24.8. The molecule has 2 aliphatic rings. The molecule has 1 spiro atoms. The number of hydrogen-bond donors (Lipinski definition) is 1. The molecule has 2 aliphatic carbocycles. The molecule has 0 atom stereocenters. The van der Waals surface area contributed by atoms with Crippen LogP contribution in [0.2, 0.25) is 0 Å². The van der Waals surface area contributed by atoms with E-state index in [9.17, 15) is 9.59 Å². The Bertz CT molecular complexity index is 1890. The van der Waals surface area contributed by atoms with Gasteiger partial charge >= 0.3 is 0 Å². The van der Waals surface area contributed by atoms with Crippen molar-refractivity contribution in [3.63, 3.8) is 0 Å². The summed E-state index contributed by atoms with van der Waals surface area (Å²) in [7, 11) is 1.59. The molecule has 8 heteroatoms. The fraction of sp³-hybridized carbons (Fsp3) is 0.250. The van der Waals surface area contributed by atoms with Crippen LogP contribution in [0.4, 0.5) is 0 Å². The van der Waals surface area contributed by atoms with Crippen molar-refractivity contribution in [2.75, 3.05) is 7.11 Å². The summed E-state index contributed by atoms with van der Waals surface area (Å²) < 4.78 is 7.17. The van der Waals surface area contributed by atoms with Gasteiger partial charge in [0, 0.05) is 11.0 Å². The number of aromatic nitrogens is 4. The highest BCUT2D eigenvalue weighted by Gasteiger charge is 2.43. The lowest BCUT2D eigenvalue weighted by atomic mass is 9.68. The van der Waals surface area contributed by atoms with E-state index in [-0.39, 0.29) is 16.5 Å². The number of rotatable bonds is 5. The maximum Gasteiger partial charge on any atom is 0.266 e. The number of methoxy groups -OCH3 is 1. The minimum Gasteiger partial charge on any atom is -0.495 e. The Morgan fingerprint density at radius 1 is 0.950 bits per heavy atom. The van der Waals surface area contributed by atoms with Gasteiger partial charge in [0.25, 0.3) is 11.1 Å². The lowest BCUT2D eigenvalue weighted by Crippen LogP contribution is -2.37. The van der Waals surface area contributed by atoms with Crippen LogP contribution in [0.25, 0.3) is 27.8 Å². The molecular formula is C32H28N4O3S. The minimum absolute atomic E-state index is 0.0504. The van der Waals surface area contributed by atoms with E-state index in [0.717, 1.165) is 48.9 Å². The number of nitrogens with zero attached hydrogens (tertiary/aromatic N) is 3. The monoisotopic (exact) mass is 548 g/mol. The minimum atomic E-state index is -0.179. The molecule has 2 heterocycles. The number of H-pyrrole nitrogens is 1. The number of benzene rings is 3. The number of ether oxygens (including phenoxy) is 1. The third-order valence-corrected chi connectivity index (χ3v) is 9.22. The standard InChI is InChI=1S/C32H28N4O3S/c1-39-25-15-7-6-14-24(25)36-30(38)22-12-4-5-13-23(22)33-31(36)40-19-26-34-28-21-11-3-2-10-20(21)18-32(16-8-9-17-32)27(28)29(37)35-26/h2-7,10-15H,8-9,16-19H2,1H3,(H,34,35,37). The summed E-state index contributed by atoms with van der Waals surface area (Å²) in [6.45, 7) is 0. The maximum absolute atomic E-state index is 13.7. The second-order valence-corrected chi connectivity index (χ2v) is 11.5. The smallest absolute Gasteiger partial charge is 0.266 e. The highest BCUT2D eigenvalue weighted by atomic mass is 32.2. The van der Waals surface area contributed by atoms with E-state index in [0.29, 0.717) is 39.1 Å². The van der Waals surface area contributed by atoms with Gasteiger partial charge in [-0.15, -0.1) is 0 Å². The van der Waals surface area contributed by atoms with E-state index in [1.165, 1.54) is 17.3 Å². The van der Waals surface area contributed by atoms with E-state index in [4.69, 9.17) is 14.7 Å². The van der Waals surface area contributed by atoms with Crippen molar-refractivity contribution in [3.05, 3.63) is 110 Å². The first-order valence-corrected chi connectivity index (χ1v) is 14.6. The van der Waals surface area contributed by atoms with E-state index in [1.807, 2.05) is 48.5 Å². The molecule has 0 unspecified atom stereocenters. The zero-order valence-corrected chi connectivity index (χ0v) is 23.0. The molecule has 0 saturated heterocycles. The highest BCUT2D eigenvalue weighted by Crippen LogP contribution is 2.49.